The van der Waals surface area contributed by atoms with Crippen LogP contribution in [0.1, 0.15) is 16.8 Å². The molecule has 1 aromatic heterocycles. The van der Waals surface area contributed by atoms with Crippen molar-refractivity contribution in [3.63, 3.8) is 0 Å². The molecular formula is C14H17N3O2S. The van der Waals surface area contributed by atoms with Gasteiger partial charge in [0.05, 0.1) is 10.6 Å². The van der Waals surface area contributed by atoms with Crippen molar-refractivity contribution >= 4 is 21.4 Å². The Morgan fingerprint density at radius 1 is 1.15 bits per heavy atom. The summed E-state index contributed by atoms with van der Waals surface area (Å²) in [4.78, 5) is 4.23. The Morgan fingerprint density at radius 2 is 1.85 bits per heavy atom. The molecule has 3 N–H and O–H groups in total. The van der Waals surface area contributed by atoms with E-state index in [1.54, 1.807) is 38.2 Å². The van der Waals surface area contributed by atoms with E-state index in [-0.39, 0.29) is 4.90 Å². The van der Waals surface area contributed by atoms with Crippen molar-refractivity contribution in [2.75, 3.05) is 10.5 Å². The van der Waals surface area contributed by atoms with Gasteiger partial charge < -0.3 is 5.73 Å². The van der Waals surface area contributed by atoms with Crippen LogP contribution < -0.4 is 10.5 Å². The summed E-state index contributed by atoms with van der Waals surface area (Å²) in [6.45, 7) is 5.40. The van der Waals surface area contributed by atoms with Crippen molar-refractivity contribution in [2.24, 2.45) is 0 Å². The first-order chi connectivity index (χ1) is 9.29. The molecule has 0 amide bonds. The van der Waals surface area contributed by atoms with Gasteiger partial charge in [0.1, 0.15) is 0 Å². The van der Waals surface area contributed by atoms with Gasteiger partial charge in [-0.1, -0.05) is 0 Å². The van der Waals surface area contributed by atoms with E-state index in [2.05, 4.69) is 9.71 Å². The summed E-state index contributed by atoms with van der Waals surface area (Å²) >= 11 is 0. The summed E-state index contributed by atoms with van der Waals surface area (Å²) in [6, 6.07) is 6.51. The number of nitrogens with zero attached hydrogens (tertiary/aromatic N) is 1. The summed E-state index contributed by atoms with van der Waals surface area (Å²) in [6.07, 6.45) is 1.56. The first kappa shape index (κ1) is 14.3. The van der Waals surface area contributed by atoms with Gasteiger partial charge >= 0.3 is 0 Å². The number of hydrogen-bond donors (Lipinski definition) is 2. The van der Waals surface area contributed by atoms with Crippen molar-refractivity contribution in [1.82, 2.24) is 4.98 Å². The van der Waals surface area contributed by atoms with E-state index in [1.807, 2.05) is 6.92 Å². The molecule has 0 atom stereocenters. The Bertz CT molecular complexity index is 755. The predicted molar refractivity (Wildman–Crippen MR) is 80.1 cm³/mol. The standard InChI is InChI=1S/C14H17N3O2S/c1-9-6-12(15)8-14(11(9)3)20(18,19)17-13-4-5-16-10(2)7-13/h4-8H,15H2,1-3H3,(H,16,17). The Labute approximate surface area is 118 Å². The van der Waals surface area contributed by atoms with Crippen molar-refractivity contribution in [2.45, 2.75) is 25.7 Å². The van der Waals surface area contributed by atoms with Gasteiger partial charge in [0.2, 0.25) is 0 Å². The smallest absolute Gasteiger partial charge is 0.262 e. The normalized spacial score (nSPS) is 11.3. The first-order valence-corrected chi connectivity index (χ1v) is 7.60. The summed E-state index contributed by atoms with van der Waals surface area (Å²) in [5.74, 6) is 0. The summed E-state index contributed by atoms with van der Waals surface area (Å²) in [5, 5.41) is 0. The molecule has 106 valence electrons. The van der Waals surface area contributed by atoms with E-state index in [0.717, 1.165) is 11.3 Å². The Kier molecular flexibility index (Phi) is 3.67. The zero-order valence-electron chi connectivity index (χ0n) is 11.6. The molecule has 0 spiro atoms. The van der Waals surface area contributed by atoms with Crippen molar-refractivity contribution in [3.8, 4) is 0 Å². The number of pyridine rings is 1. The van der Waals surface area contributed by atoms with Gasteiger partial charge in [-0.15, -0.1) is 0 Å². The fourth-order valence-corrected chi connectivity index (χ4v) is 3.35. The molecule has 0 unspecified atom stereocenters. The molecule has 6 heteroatoms. The molecule has 0 aliphatic heterocycles. The highest BCUT2D eigenvalue weighted by molar-refractivity contribution is 7.92. The SMILES string of the molecule is Cc1cc(NS(=O)(=O)c2cc(N)cc(C)c2C)ccn1. The number of aryl methyl sites for hydroxylation is 2. The minimum Gasteiger partial charge on any atom is -0.399 e. The maximum Gasteiger partial charge on any atom is 0.262 e. The predicted octanol–water partition coefficient (Wildman–Crippen LogP) is 2.39. The van der Waals surface area contributed by atoms with E-state index in [4.69, 9.17) is 5.73 Å². The Morgan fingerprint density at radius 3 is 2.50 bits per heavy atom. The minimum atomic E-state index is -3.66. The number of hydrogen-bond acceptors (Lipinski definition) is 4. The quantitative estimate of drug-likeness (QED) is 0.850. The summed E-state index contributed by atoms with van der Waals surface area (Å²) in [5.41, 5.74) is 8.93. The molecular weight excluding hydrogens is 274 g/mol. The van der Waals surface area contributed by atoms with E-state index < -0.39 is 10.0 Å². The highest BCUT2D eigenvalue weighted by atomic mass is 32.2. The van der Waals surface area contributed by atoms with Gasteiger partial charge in [0, 0.05) is 17.6 Å². The molecule has 0 aliphatic carbocycles. The van der Waals surface area contributed by atoms with Crippen LogP contribution in [0.3, 0.4) is 0 Å². The fourth-order valence-electron chi connectivity index (χ4n) is 1.95. The van der Waals surface area contributed by atoms with E-state index >= 15 is 0 Å². The highest BCUT2D eigenvalue weighted by Gasteiger charge is 2.18. The van der Waals surface area contributed by atoms with Crippen LogP contribution in [0.4, 0.5) is 11.4 Å². The molecule has 0 aliphatic rings. The molecule has 5 nitrogen and oxygen atoms in total. The minimum absolute atomic E-state index is 0.199. The lowest BCUT2D eigenvalue weighted by molar-refractivity contribution is 0.600. The topological polar surface area (TPSA) is 85.1 Å². The van der Waals surface area contributed by atoms with Crippen LogP contribution in [0.5, 0.6) is 0 Å². The second-order valence-electron chi connectivity index (χ2n) is 4.75. The number of benzene rings is 1. The number of anilines is 2. The third-order valence-corrected chi connectivity index (χ3v) is 4.59. The van der Waals surface area contributed by atoms with Crippen LogP contribution in [0, 0.1) is 20.8 Å². The van der Waals surface area contributed by atoms with E-state index in [1.165, 1.54) is 6.07 Å². The summed E-state index contributed by atoms with van der Waals surface area (Å²) < 4.78 is 27.4. The maximum absolute atomic E-state index is 12.5. The third-order valence-electron chi connectivity index (χ3n) is 3.08. The second kappa shape index (κ2) is 5.13. The summed E-state index contributed by atoms with van der Waals surface area (Å²) in [7, 11) is -3.66. The van der Waals surface area contributed by atoms with Gasteiger partial charge in [-0.05, 0) is 56.2 Å². The molecule has 20 heavy (non-hydrogen) atoms. The highest BCUT2D eigenvalue weighted by Crippen LogP contribution is 2.24. The molecule has 0 saturated carbocycles. The van der Waals surface area contributed by atoms with Crippen LogP contribution in [0.2, 0.25) is 0 Å². The molecule has 1 heterocycles. The first-order valence-electron chi connectivity index (χ1n) is 6.12. The molecule has 2 aromatic rings. The molecule has 0 saturated heterocycles. The van der Waals surface area contributed by atoms with E-state index in [0.29, 0.717) is 16.9 Å². The lowest BCUT2D eigenvalue weighted by atomic mass is 10.1. The van der Waals surface area contributed by atoms with Crippen molar-refractivity contribution < 1.29 is 8.42 Å². The van der Waals surface area contributed by atoms with E-state index in [9.17, 15) is 8.42 Å². The van der Waals surface area contributed by atoms with Gasteiger partial charge in [-0.3, -0.25) is 9.71 Å². The molecule has 1 aromatic carbocycles. The number of aromatic nitrogens is 1. The largest absolute Gasteiger partial charge is 0.399 e. The lowest BCUT2D eigenvalue weighted by Gasteiger charge is -2.13. The van der Waals surface area contributed by atoms with Crippen LogP contribution in [0.25, 0.3) is 0 Å². The number of sulfonamides is 1. The van der Waals surface area contributed by atoms with Gasteiger partial charge in [0.15, 0.2) is 0 Å². The fraction of sp³-hybridized carbons (Fsp3) is 0.214. The molecule has 0 bridgehead atoms. The molecule has 0 radical (unpaired) electrons. The number of nitrogens with one attached hydrogen (secondary N) is 1. The van der Waals surface area contributed by atoms with Crippen molar-refractivity contribution in [3.05, 3.63) is 47.3 Å². The van der Waals surface area contributed by atoms with Crippen LogP contribution >= 0.6 is 0 Å². The zero-order chi connectivity index (χ0) is 14.9. The number of nitrogen functional groups attached to an aromatic ring is 1. The average Bonchev–Trinajstić information content (AvgIpc) is 2.33. The lowest BCUT2D eigenvalue weighted by Crippen LogP contribution is -2.15. The second-order valence-corrected chi connectivity index (χ2v) is 6.40. The van der Waals surface area contributed by atoms with Crippen molar-refractivity contribution in [1.29, 1.82) is 0 Å². The number of rotatable bonds is 3. The average molecular weight is 291 g/mol. The Balaban J connectivity index is 2.46. The monoisotopic (exact) mass is 291 g/mol. The third kappa shape index (κ3) is 2.91. The van der Waals surface area contributed by atoms with Crippen LogP contribution in [-0.2, 0) is 10.0 Å². The van der Waals surface area contributed by atoms with Gasteiger partial charge in [0.25, 0.3) is 10.0 Å². The maximum atomic E-state index is 12.5. The van der Waals surface area contributed by atoms with Gasteiger partial charge in [-0.25, -0.2) is 8.42 Å². The number of nitrogens with two attached hydrogens (primary N) is 1. The van der Waals surface area contributed by atoms with Gasteiger partial charge in [-0.2, -0.15) is 0 Å². The Hall–Kier alpha value is -2.08. The van der Waals surface area contributed by atoms with Crippen LogP contribution in [0.15, 0.2) is 35.4 Å². The molecule has 0 fully saturated rings. The zero-order valence-corrected chi connectivity index (χ0v) is 12.5. The van der Waals surface area contributed by atoms with Crippen LogP contribution in [-0.4, -0.2) is 13.4 Å². The molecule has 2 rings (SSSR count).